The minimum Gasteiger partial charge on any atom is -0.444 e. The number of amides is 1. The molecule has 1 heterocycles. The molecule has 1 amide bonds. The molecule has 152 valence electrons. The van der Waals surface area contributed by atoms with Crippen molar-refractivity contribution >= 4 is 17.9 Å². The topological polar surface area (TPSA) is 90.9 Å². The lowest BCUT2D eigenvalue weighted by molar-refractivity contribution is 0.0527. The molecule has 0 atom stereocenters. The molecule has 3 N–H and O–H groups in total. The zero-order valence-corrected chi connectivity index (χ0v) is 17.4. The number of aromatic nitrogens is 1. The third-order valence-electron chi connectivity index (χ3n) is 3.35. The van der Waals surface area contributed by atoms with Crippen LogP contribution < -0.4 is 20.9 Å². The van der Waals surface area contributed by atoms with Crippen LogP contribution in [0, 0.1) is 0 Å². The Hall–Kier alpha value is -2.51. The number of nitrogens with one attached hydrogen (secondary N) is 3. The Morgan fingerprint density at radius 2 is 1.93 bits per heavy atom. The van der Waals surface area contributed by atoms with Crippen molar-refractivity contribution in [3.05, 3.63) is 23.9 Å². The Balaban J connectivity index is 2.42. The standard InChI is InChI=1S/C19H34N6O2/c1-7-20-17(22-10-8-11-23-18(26)27-19(2,3)4)24-14-15-9-12-21-16(13-15)25(5)6/h9,12-13H,7-8,10-11,14H2,1-6H3,(H,23,26)(H2,20,22,24). The summed E-state index contributed by atoms with van der Waals surface area (Å²) in [5.74, 6) is 1.66. The molecular weight excluding hydrogens is 344 g/mol. The van der Waals surface area contributed by atoms with Gasteiger partial charge in [-0.1, -0.05) is 0 Å². The van der Waals surface area contributed by atoms with Gasteiger partial charge in [-0.15, -0.1) is 0 Å². The van der Waals surface area contributed by atoms with Crippen LogP contribution in [0.25, 0.3) is 0 Å². The van der Waals surface area contributed by atoms with Crippen molar-refractivity contribution in [1.82, 2.24) is 20.9 Å². The molecule has 0 aliphatic rings. The Bertz CT molecular complexity index is 610. The Morgan fingerprint density at radius 3 is 2.56 bits per heavy atom. The molecule has 0 saturated heterocycles. The number of pyridine rings is 1. The van der Waals surface area contributed by atoms with Gasteiger partial charge < -0.3 is 25.6 Å². The van der Waals surface area contributed by atoms with Crippen LogP contribution in [0.1, 0.15) is 39.7 Å². The first kappa shape index (κ1) is 22.5. The summed E-state index contributed by atoms with van der Waals surface area (Å²) in [6.07, 6.45) is 2.17. The third kappa shape index (κ3) is 10.3. The van der Waals surface area contributed by atoms with Gasteiger partial charge >= 0.3 is 6.09 Å². The molecule has 0 aliphatic heterocycles. The quantitative estimate of drug-likeness (QED) is 0.365. The third-order valence-corrected chi connectivity index (χ3v) is 3.35. The lowest BCUT2D eigenvalue weighted by Crippen LogP contribution is -2.39. The van der Waals surface area contributed by atoms with Crippen LogP contribution in [0.4, 0.5) is 10.6 Å². The molecule has 0 bridgehead atoms. The molecule has 27 heavy (non-hydrogen) atoms. The molecule has 0 saturated carbocycles. The number of alkyl carbamates (subject to hydrolysis) is 1. The Kier molecular flexibility index (Phi) is 9.39. The molecule has 0 unspecified atom stereocenters. The molecule has 0 spiro atoms. The van der Waals surface area contributed by atoms with Gasteiger partial charge in [-0.2, -0.15) is 0 Å². The van der Waals surface area contributed by atoms with Crippen molar-refractivity contribution < 1.29 is 9.53 Å². The molecule has 8 nitrogen and oxygen atoms in total. The van der Waals surface area contributed by atoms with Gasteiger partial charge in [0.2, 0.25) is 0 Å². The van der Waals surface area contributed by atoms with Crippen molar-refractivity contribution in [1.29, 1.82) is 0 Å². The average molecular weight is 379 g/mol. The number of guanidine groups is 1. The largest absolute Gasteiger partial charge is 0.444 e. The van der Waals surface area contributed by atoms with E-state index in [1.165, 1.54) is 0 Å². The number of nitrogens with zero attached hydrogens (tertiary/aromatic N) is 3. The average Bonchev–Trinajstić information content (AvgIpc) is 2.58. The highest BCUT2D eigenvalue weighted by Gasteiger charge is 2.15. The smallest absolute Gasteiger partial charge is 0.407 e. The number of carbonyl (C=O) groups is 1. The summed E-state index contributed by atoms with van der Waals surface area (Å²) in [5.41, 5.74) is 0.615. The van der Waals surface area contributed by atoms with Gasteiger partial charge in [0.15, 0.2) is 5.96 Å². The van der Waals surface area contributed by atoms with Gasteiger partial charge in [-0.3, -0.25) is 0 Å². The second kappa shape index (κ2) is 11.3. The maximum Gasteiger partial charge on any atom is 0.407 e. The summed E-state index contributed by atoms with van der Waals surface area (Å²) in [7, 11) is 3.93. The second-order valence-corrected chi connectivity index (χ2v) is 7.32. The highest BCUT2D eigenvalue weighted by molar-refractivity contribution is 5.79. The first-order valence-electron chi connectivity index (χ1n) is 9.32. The summed E-state index contributed by atoms with van der Waals surface area (Å²) in [6, 6.07) is 3.99. The number of hydrogen-bond acceptors (Lipinski definition) is 5. The monoisotopic (exact) mass is 378 g/mol. The van der Waals surface area contributed by atoms with Gasteiger partial charge in [0.1, 0.15) is 11.4 Å². The van der Waals surface area contributed by atoms with E-state index in [9.17, 15) is 4.79 Å². The van der Waals surface area contributed by atoms with Crippen molar-refractivity contribution in [3.8, 4) is 0 Å². The summed E-state index contributed by atoms with van der Waals surface area (Å²) < 4.78 is 5.20. The van der Waals surface area contributed by atoms with Crippen LogP contribution in [-0.4, -0.2) is 56.4 Å². The van der Waals surface area contributed by atoms with E-state index in [1.807, 2.05) is 58.8 Å². The fourth-order valence-electron chi connectivity index (χ4n) is 2.12. The minimum absolute atomic E-state index is 0.391. The molecule has 0 aliphatic carbocycles. The lowest BCUT2D eigenvalue weighted by atomic mass is 10.2. The van der Waals surface area contributed by atoms with Gasteiger partial charge in [-0.05, 0) is 51.8 Å². The van der Waals surface area contributed by atoms with Crippen LogP contribution in [-0.2, 0) is 11.3 Å². The highest BCUT2D eigenvalue weighted by Crippen LogP contribution is 2.10. The van der Waals surface area contributed by atoms with Crippen LogP contribution in [0.5, 0.6) is 0 Å². The Labute approximate surface area is 162 Å². The molecule has 0 fully saturated rings. The van der Waals surface area contributed by atoms with E-state index in [1.54, 1.807) is 6.20 Å². The fraction of sp³-hybridized carbons (Fsp3) is 0.632. The number of aliphatic imine (C=N–C) groups is 1. The normalized spacial score (nSPS) is 11.7. The molecule has 0 aromatic carbocycles. The van der Waals surface area contributed by atoms with E-state index in [4.69, 9.17) is 4.74 Å². The van der Waals surface area contributed by atoms with E-state index in [2.05, 4.69) is 25.9 Å². The zero-order chi connectivity index (χ0) is 20.3. The van der Waals surface area contributed by atoms with Gasteiger partial charge in [0.05, 0.1) is 6.54 Å². The number of carbonyl (C=O) groups excluding carboxylic acids is 1. The van der Waals surface area contributed by atoms with E-state index in [0.29, 0.717) is 19.6 Å². The van der Waals surface area contributed by atoms with E-state index in [-0.39, 0.29) is 0 Å². The van der Waals surface area contributed by atoms with Crippen molar-refractivity contribution in [3.63, 3.8) is 0 Å². The minimum atomic E-state index is -0.480. The zero-order valence-electron chi connectivity index (χ0n) is 17.4. The maximum atomic E-state index is 11.6. The molecule has 1 aromatic rings. The summed E-state index contributed by atoms with van der Waals surface area (Å²) in [6.45, 7) is 10.1. The second-order valence-electron chi connectivity index (χ2n) is 7.32. The van der Waals surface area contributed by atoms with Gasteiger partial charge in [0, 0.05) is 39.9 Å². The summed E-state index contributed by atoms with van der Waals surface area (Å²) in [4.78, 5) is 22.5. The van der Waals surface area contributed by atoms with Crippen LogP contribution in [0.3, 0.4) is 0 Å². The Morgan fingerprint density at radius 1 is 1.22 bits per heavy atom. The maximum absolute atomic E-state index is 11.6. The predicted octanol–water partition coefficient (Wildman–Crippen LogP) is 2.12. The van der Waals surface area contributed by atoms with Crippen LogP contribution >= 0.6 is 0 Å². The summed E-state index contributed by atoms with van der Waals surface area (Å²) >= 11 is 0. The van der Waals surface area contributed by atoms with E-state index in [0.717, 1.165) is 30.3 Å². The molecular formula is C19H34N6O2. The number of hydrogen-bond donors (Lipinski definition) is 3. The molecule has 1 aromatic heterocycles. The lowest BCUT2D eigenvalue weighted by Gasteiger charge is -2.19. The SMILES string of the molecule is CCNC(=NCc1ccnc(N(C)C)c1)NCCCNC(=O)OC(C)(C)C. The number of ether oxygens (including phenoxy) is 1. The van der Waals surface area contributed by atoms with Gasteiger partial charge in [0.25, 0.3) is 0 Å². The fourth-order valence-corrected chi connectivity index (χ4v) is 2.12. The number of anilines is 1. The van der Waals surface area contributed by atoms with Crippen LogP contribution in [0.2, 0.25) is 0 Å². The predicted molar refractivity (Wildman–Crippen MR) is 110 cm³/mol. The van der Waals surface area contributed by atoms with Gasteiger partial charge in [-0.25, -0.2) is 14.8 Å². The number of rotatable bonds is 8. The summed E-state index contributed by atoms with van der Waals surface area (Å²) in [5, 5.41) is 9.24. The van der Waals surface area contributed by atoms with E-state index < -0.39 is 11.7 Å². The van der Waals surface area contributed by atoms with Crippen LogP contribution in [0.15, 0.2) is 23.3 Å². The first-order valence-corrected chi connectivity index (χ1v) is 9.32. The van der Waals surface area contributed by atoms with Crippen molar-refractivity contribution in [2.45, 2.75) is 46.3 Å². The van der Waals surface area contributed by atoms with Crippen molar-refractivity contribution in [2.24, 2.45) is 4.99 Å². The van der Waals surface area contributed by atoms with Crippen molar-refractivity contribution in [2.75, 3.05) is 38.6 Å². The molecule has 8 heteroatoms. The molecule has 1 rings (SSSR count). The highest BCUT2D eigenvalue weighted by atomic mass is 16.6. The first-order chi connectivity index (χ1) is 12.7. The van der Waals surface area contributed by atoms with E-state index >= 15 is 0 Å². The molecule has 0 radical (unpaired) electrons.